The van der Waals surface area contributed by atoms with Gasteiger partial charge in [0.15, 0.2) is 11.2 Å². The summed E-state index contributed by atoms with van der Waals surface area (Å²) in [5.41, 5.74) is 0.824. The average Bonchev–Trinajstić information content (AvgIpc) is 3.00. The Morgan fingerprint density at radius 2 is 2.00 bits per heavy atom. The average molecular weight is 327 g/mol. The van der Waals surface area contributed by atoms with Gasteiger partial charge in [-0.05, 0) is 18.6 Å². The molecule has 124 valence electrons. The van der Waals surface area contributed by atoms with Crippen LogP contribution in [0.4, 0.5) is 11.6 Å². The van der Waals surface area contributed by atoms with Gasteiger partial charge in [-0.15, -0.1) is 0 Å². The number of methoxy groups -OCH3 is 1. The summed E-state index contributed by atoms with van der Waals surface area (Å²) in [7, 11) is 3.23. The number of H-pyrrole nitrogens is 1. The molecule has 0 amide bonds. The van der Waals surface area contributed by atoms with Gasteiger partial charge in [-0.25, -0.2) is 4.79 Å². The normalized spacial score (nSPS) is 14.0. The first-order valence-electron chi connectivity index (χ1n) is 7.72. The Morgan fingerprint density at radius 1 is 1.21 bits per heavy atom. The Morgan fingerprint density at radius 3 is 2.79 bits per heavy atom. The standard InChI is InChI=1S/C16H17N5O3/c1-19-13-12(14(22)18-16(19)23)21-9-5-8-20(15(21)17-13)10-6-3-4-7-11(10)24-2/h3-4,6-7H,5,8-9H2,1-2H3,(H,18,22,23). The molecule has 0 aliphatic carbocycles. The molecule has 0 radical (unpaired) electrons. The fraction of sp³-hybridized carbons (Fsp3) is 0.312. The van der Waals surface area contributed by atoms with Crippen LogP contribution in [-0.2, 0) is 13.6 Å². The fourth-order valence-electron chi connectivity index (χ4n) is 3.21. The minimum absolute atomic E-state index is 0.389. The van der Waals surface area contributed by atoms with Crippen molar-refractivity contribution in [3.8, 4) is 5.75 Å². The van der Waals surface area contributed by atoms with E-state index in [4.69, 9.17) is 4.74 Å². The SMILES string of the molecule is COc1ccccc1N1CCCn2c1nc1c2c(=O)[nH]c(=O)n1C. The van der Waals surface area contributed by atoms with Crippen molar-refractivity contribution in [2.24, 2.45) is 7.05 Å². The Kier molecular flexibility index (Phi) is 3.19. The summed E-state index contributed by atoms with van der Waals surface area (Å²) in [4.78, 5) is 33.1. The maximum absolute atomic E-state index is 12.3. The predicted molar refractivity (Wildman–Crippen MR) is 90.2 cm³/mol. The molecule has 1 aliphatic rings. The smallest absolute Gasteiger partial charge is 0.329 e. The molecule has 0 saturated carbocycles. The fourth-order valence-corrected chi connectivity index (χ4v) is 3.21. The minimum Gasteiger partial charge on any atom is -0.495 e. The highest BCUT2D eigenvalue weighted by Crippen LogP contribution is 2.36. The van der Waals surface area contributed by atoms with E-state index < -0.39 is 11.2 Å². The molecule has 1 aromatic carbocycles. The third-order valence-corrected chi connectivity index (χ3v) is 4.37. The van der Waals surface area contributed by atoms with Crippen molar-refractivity contribution in [1.29, 1.82) is 0 Å². The van der Waals surface area contributed by atoms with Crippen LogP contribution in [-0.4, -0.2) is 32.8 Å². The zero-order valence-electron chi connectivity index (χ0n) is 13.4. The van der Waals surface area contributed by atoms with Crippen molar-refractivity contribution in [3.05, 3.63) is 45.1 Å². The number of nitrogens with one attached hydrogen (secondary N) is 1. The second-order valence-electron chi connectivity index (χ2n) is 5.73. The third-order valence-electron chi connectivity index (χ3n) is 4.37. The summed E-state index contributed by atoms with van der Waals surface area (Å²) in [5.74, 6) is 1.38. The van der Waals surface area contributed by atoms with Crippen LogP contribution < -0.4 is 20.9 Å². The molecule has 8 nitrogen and oxygen atoms in total. The van der Waals surface area contributed by atoms with Gasteiger partial charge in [0.2, 0.25) is 5.95 Å². The lowest BCUT2D eigenvalue weighted by Gasteiger charge is -2.29. The number of aryl methyl sites for hydroxylation is 2. The lowest BCUT2D eigenvalue weighted by Crippen LogP contribution is -2.31. The maximum Gasteiger partial charge on any atom is 0.329 e. The van der Waals surface area contributed by atoms with Gasteiger partial charge in [0.1, 0.15) is 5.75 Å². The first-order valence-corrected chi connectivity index (χ1v) is 7.72. The topological polar surface area (TPSA) is 85.2 Å². The van der Waals surface area contributed by atoms with Crippen LogP contribution in [0, 0.1) is 0 Å². The molecule has 8 heteroatoms. The van der Waals surface area contributed by atoms with E-state index in [0.717, 1.165) is 24.4 Å². The molecular weight excluding hydrogens is 310 g/mol. The van der Waals surface area contributed by atoms with Crippen LogP contribution >= 0.6 is 0 Å². The highest BCUT2D eigenvalue weighted by molar-refractivity contribution is 5.78. The molecule has 1 N–H and O–H groups in total. The number of fused-ring (bicyclic) bond motifs is 3. The van der Waals surface area contributed by atoms with Gasteiger partial charge in [-0.1, -0.05) is 12.1 Å². The quantitative estimate of drug-likeness (QED) is 0.758. The van der Waals surface area contributed by atoms with E-state index in [1.54, 1.807) is 14.2 Å². The van der Waals surface area contributed by atoms with Gasteiger partial charge in [0.25, 0.3) is 5.56 Å². The van der Waals surface area contributed by atoms with Crippen LogP contribution in [0.1, 0.15) is 6.42 Å². The van der Waals surface area contributed by atoms with Gasteiger partial charge >= 0.3 is 5.69 Å². The summed E-state index contributed by atoms with van der Waals surface area (Å²) >= 11 is 0. The largest absolute Gasteiger partial charge is 0.495 e. The minimum atomic E-state index is -0.466. The second kappa shape index (κ2) is 5.26. The molecular formula is C16H17N5O3. The lowest BCUT2D eigenvalue weighted by molar-refractivity contribution is 0.414. The predicted octanol–water partition coefficient (Wildman–Crippen LogP) is 0.974. The maximum atomic E-state index is 12.3. The second-order valence-corrected chi connectivity index (χ2v) is 5.73. The molecule has 0 saturated heterocycles. The summed E-state index contributed by atoms with van der Waals surface area (Å²) in [6, 6.07) is 7.68. The summed E-state index contributed by atoms with van der Waals surface area (Å²) in [6.45, 7) is 1.44. The number of para-hydroxylation sites is 2. The number of hydrogen-bond donors (Lipinski definition) is 1. The third kappa shape index (κ3) is 1.96. The molecule has 0 bridgehead atoms. The van der Waals surface area contributed by atoms with E-state index in [2.05, 4.69) is 9.97 Å². The molecule has 2 aromatic heterocycles. The molecule has 4 rings (SSSR count). The molecule has 3 heterocycles. The lowest BCUT2D eigenvalue weighted by atomic mass is 10.2. The number of anilines is 2. The molecule has 0 fully saturated rings. The van der Waals surface area contributed by atoms with Crippen molar-refractivity contribution in [1.82, 2.24) is 19.1 Å². The molecule has 0 spiro atoms. The Bertz CT molecular complexity index is 1050. The number of rotatable bonds is 2. The number of aromatic nitrogens is 4. The Hall–Kier alpha value is -3.03. The van der Waals surface area contributed by atoms with Gasteiger partial charge in [-0.3, -0.25) is 14.3 Å². The Balaban J connectivity index is 2.01. The summed E-state index contributed by atoms with van der Waals surface area (Å²) in [6.07, 6.45) is 0.860. The number of benzene rings is 1. The number of imidazole rings is 1. The highest BCUT2D eigenvalue weighted by Gasteiger charge is 2.27. The van der Waals surface area contributed by atoms with Gasteiger partial charge in [0, 0.05) is 20.1 Å². The van der Waals surface area contributed by atoms with Crippen LogP contribution in [0.5, 0.6) is 5.75 Å². The van der Waals surface area contributed by atoms with E-state index in [1.165, 1.54) is 4.57 Å². The zero-order valence-corrected chi connectivity index (χ0v) is 13.4. The Labute approximate surface area is 136 Å². The van der Waals surface area contributed by atoms with Gasteiger partial charge in [-0.2, -0.15) is 4.98 Å². The van der Waals surface area contributed by atoms with Crippen molar-refractivity contribution < 1.29 is 4.74 Å². The molecule has 0 atom stereocenters. The van der Waals surface area contributed by atoms with Crippen LogP contribution in [0.25, 0.3) is 11.2 Å². The first kappa shape index (κ1) is 14.6. The van der Waals surface area contributed by atoms with Crippen LogP contribution in [0.2, 0.25) is 0 Å². The number of aromatic amines is 1. The molecule has 1 aliphatic heterocycles. The van der Waals surface area contributed by atoms with E-state index in [-0.39, 0.29) is 0 Å². The number of hydrogen-bond acceptors (Lipinski definition) is 5. The van der Waals surface area contributed by atoms with Crippen LogP contribution in [0.15, 0.2) is 33.9 Å². The molecule has 24 heavy (non-hydrogen) atoms. The monoisotopic (exact) mass is 327 g/mol. The van der Waals surface area contributed by atoms with E-state index in [1.807, 2.05) is 33.7 Å². The van der Waals surface area contributed by atoms with Crippen molar-refractivity contribution >= 4 is 22.8 Å². The number of ether oxygens (including phenoxy) is 1. The van der Waals surface area contributed by atoms with Crippen molar-refractivity contribution in [2.75, 3.05) is 18.6 Å². The zero-order chi connectivity index (χ0) is 16.8. The van der Waals surface area contributed by atoms with Crippen LogP contribution in [0.3, 0.4) is 0 Å². The molecule has 3 aromatic rings. The van der Waals surface area contributed by atoms with E-state index in [0.29, 0.717) is 23.7 Å². The highest BCUT2D eigenvalue weighted by atomic mass is 16.5. The van der Waals surface area contributed by atoms with Gasteiger partial charge < -0.3 is 14.2 Å². The van der Waals surface area contributed by atoms with Crippen molar-refractivity contribution in [2.45, 2.75) is 13.0 Å². The van der Waals surface area contributed by atoms with E-state index in [9.17, 15) is 9.59 Å². The van der Waals surface area contributed by atoms with Gasteiger partial charge in [0.05, 0.1) is 12.8 Å². The summed E-state index contributed by atoms with van der Waals surface area (Å²) < 4.78 is 8.68. The first-order chi connectivity index (χ1) is 11.6. The molecule has 0 unspecified atom stereocenters. The summed E-state index contributed by atoms with van der Waals surface area (Å²) in [5, 5.41) is 0. The van der Waals surface area contributed by atoms with E-state index >= 15 is 0 Å². The van der Waals surface area contributed by atoms with Crippen molar-refractivity contribution in [3.63, 3.8) is 0 Å². The number of nitrogens with zero attached hydrogens (tertiary/aromatic N) is 4.